The van der Waals surface area contributed by atoms with Crippen molar-refractivity contribution in [2.24, 2.45) is 0 Å². The molecule has 50 heavy (non-hydrogen) atoms. The summed E-state index contributed by atoms with van der Waals surface area (Å²) in [6.07, 6.45) is 0. The molecule has 0 aliphatic rings. The van der Waals surface area contributed by atoms with Crippen LogP contribution in [-0.2, 0) is 0 Å². The van der Waals surface area contributed by atoms with E-state index in [9.17, 15) is 15.8 Å². The number of benzene rings is 7. The van der Waals surface area contributed by atoms with E-state index >= 15 is 0 Å². The van der Waals surface area contributed by atoms with Crippen LogP contribution in [0.3, 0.4) is 0 Å². The Bertz CT molecular complexity index is 2920. The van der Waals surface area contributed by atoms with E-state index in [-0.39, 0.29) is 0 Å². The lowest BCUT2D eigenvalue weighted by Gasteiger charge is -2.19. The van der Waals surface area contributed by atoms with Gasteiger partial charge >= 0.3 is 0 Å². The number of aromatic nitrogens is 2. The van der Waals surface area contributed by atoms with Gasteiger partial charge in [0.2, 0.25) is 0 Å². The first-order valence-electron chi connectivity index (χ1n) is 16.3. The fraction of sp³-hybridized carbons (Fsp3) is 0. The lowest BCUT2D eigenvalue weighted by Crippen LogP contribution is -2.00. The molecule has 7 aromatic carbocycles. The lowest BCUT2D eigenvalue weighted by atomic mass is 9.89. The molecule has 0 fully saturated rings. The molecule has 0 atom stereocenters. The third-order valence-corrected chi connectivity index (χ3v) is 9.62. The molecular formula is C45H25N5. The van der Waals surface area contributed by atoms with E-state index in [2.05, 4.69) is 88.0 Å². The van der Waals surface area contributed by atoms with Crippen molar-refractivity contribution in [1.29, 1.82) is 15.8 Å². The third-order valence-electron chi connectivity index (χ3n) is 9.62. The molecule has 2 heterocycles. The van der Waals surface area contributed by atoms with Gasteiger partial charge in [0.1, 0.15) is 0 Å². The number of hydrogen-bond acceptors (Lipinski definition) is 3. The number of para-hydroxylation sites is 3. The molecule has 0 N–H and O–H groups in total. The molecule has 9 aromatic rings. The molecule has 0 aliphatic carbocycles. The predicted octanol–water partition coefficient (Wildman–Crippen LogP) is 10.8. The van der Waals surface area contributed by atoms with Crippen molar-refractivity contribution in [2.75, 3.05) is 0 Å². The molecular weight excluding hydrogens is 611 g/mol. The summed E-state index contributed by atoms with van der Waals surface area (Å²) in [4.78, 5) is 0. The highest BCUT2D eigenvalue weighted by Gasteiger charge is 2.21. The molecule has 2 aromatic heterocycles. The number of fused-ring (bicyclic) bond motifs is 6. The molecule has 5 heteroatoms. The highest BCUT2D eigenvalue weighted by atomic mass is 15.0. The van der Waals surface area contributed by atoms with E-state index in [1.165, 1.54) is 0 Å². The third kappa shape index (κ3) is 4.31. The van der Waals surface area contributed by atoms with Gasteiger partial charge in [-0.1, -0.05) is 78.9 Å². The smallest absolute Gasteiger partial charge is 0.0998 e. The van der Waals surface area contributed by atoms with Gasteiger partial charge in [-0.3, -0.25) is 0 Å². The Kier molecular flexibility index (Phi) is 6.56. The summed E-state index contributed by atoms with van der Waals surface area (Å²) in [5, 5.41) is 34.6. The molecule has 230 valence electrons. The van der Waals surface area contributed by atoms with Crippen molar-refractivity contribution in [3.8, 4) is 51.8 Å². The van der Waals surface area contributed by atoms with Gasteiger partial charge in [0.25, 0.3) is 0 Å². The molecule has 0 amide bonds. The minimum atomic E-state index is 0.536. The Labute approximate surface area is 287 Å². The van der Waals surface area contributed by atoms with E-state index in [1.807, 2.05) is 91.0 Å². The molecule has 0 radical (unpaired) electrons. The van der Waals surface area contributed by atoms with Gasteiger partial charge in [0.05, 0.1) is 62.7 Å². The quantitative estimate of drug-likeness (QED) is 0.193. The van der Waals surface area contributed by atoms with Crippen LogP contribution in [0, 0.1) is 34.0 Å². The molecule has 0 aliphatic heterocycles. The van der Waals surface area contributed by atoms with E-state index in [4.69, 9.17) is 0 Å². The highest BCUT2D eigenvalue weighted by Crippen LogP contribution is 2.42. The molecule has 5 nitrogen and oxygen atoms in total. The van der Waals surface area contributed by atoms with Crippen LogP contribution in [0.5, 0.6) is 0 Å². The minimum Gasteiger partial charge on any atom is -0.309 e. The van der Waals surface area contributed by atoms with Crippen LogP contribution in [-0.4, -0.2) is 9.13 Å². The van der Waals surface area contributed by atoms with Crippen molar-refractivity contribution in [2.45, 2.75) is 0 Å². The first-order valence-corrected chi connectivity index (χ1v) is 16.3. The van der Waals surface area contributed by atoms with Gasteiger partial charge in [-0.25, -0.2) is 0 Å². The van der Waals surface area contributed by atoms with E-state index < -0.39 is 0 Å². The van der Waals surface area contributed by atoms with Gasteiger partial charge in [0, 0.05) is 38.4 Å². The second-order valence-electron chi connectivity index (χ2n) is 12.3. The normalized spacial score (nSPS) is 11.1. The summed E-state index contributed by atoms with van der Waals surface area (Å²) in [6, 6.07) is 57.7. The van der Waals surface area contributed by atoms with E-state index in [1.54, 1.807) is 0 Å². The SMILES string of the molecule is N#Cc1ccc(-n2c3ccccc3c3ccccc32)c(-c2cccc(C#N)c2-c2cccc(-n3c4ccccc4c4cc(C#N)ccc43)c2)c1. The average molecular weight is 636 g/mol. The summed E-state index contributed by atoms with van der Waals surface area (Å²) in [5.41, 5.74) is 11.1. The van der Waals surface area contributed by atoms with Crippen molar-refractivity contribution < 1.29 is 0 Å². The number of hydrogen-bond donors (Lipinski definition) is 0. The van der Waals surface area contributed by atoms with Crippen LogP contribution >= 0.6 is 0 Å². The molecule has 9 rings (SSSR count). The Morgan fingerprint density at radius 2 is 0.980 bits per heavy atom. The lowest BCUT2D eigenvalue weighted by molar-refractivity contribution is 1.18. The monoisotopic (exact) mass is 635 g/mol. The zero-order valence-corrected chi connectivity index (χ0v) is 26.7. The Morgan fingerprint density at radius 1 is 0.400 bits per heavy atom. The average Bonchev–Trinajstić information content (AvgIpc) is 3.70. The second-order valence-corrected chi connectivity index (χ2v) is 12.3. The first-order chi connectivity index (χ1) is 24.7. The number of nitriles is 3. The predicted molar refractivity (Wildman–Crippen MR) is 200 cm³/mol. The van der Waals surface area contributed by atoms with Crippen LogP contribution < -0.4 is 0 Å². The fourth-order valence-corrected chi connectivity index (χ4v) is 7.50. The van der Waals surface area contributed by atoms with E-state index in [0.717, 1.165) is 77.2 Å². The van der Waals surface area contributed by atoms with Gasteiger partial charge in [0.15, 0.2) is 0 Å². The van der Waals surface area contributed by atoms with Gasteiger partial charge in [-0.05, 0) is 83.9 Å². The highest BCUT2D eigenvalue weighted by molar-refractivity contribution is 6.11. The summed E-state index contributed by atoms with van der Waals surface area (Å²) in [6.45, 7) is 0. The zero-order chi connectivity index (χ0) is 33.8. The summed E-state index contributed by atoms with van der Waals surface area (Å²) >= 11 is 0. The molecule has 0 saturated heterocycles. The minimum absolute atomic E-state index is 0.536. The van der Waals surface area contributed by atoms with Crippen LogP contribution in [0.15, 0.2) is 152 Å². The number of rotatable bonds is 4. The maximum Gasteiger partial charge on any atom is 0.0998 e. The molecule has 0 bridgehead atoms. The molecule has 0 spiro atoms. The van der Waals surface area contributed by atoms with Crippen LogP contribution in [0.2, 0.25) is 0 Å². The standard InChI is InChI=1S/C45H25N5/c46-26-29-19-21-43-38(23-29)36-14-3-4-16-40(36)49(43)33-11-7-9-31(25-33)45-32(28-48)10-8-15-37(45)39-24-30(27-47)20-22-44(39)50-41-17-5-1-12-34(41)35-13-2-6-18-42(35)50/h1-25H. The van der Waals surface area contributed by atoms with Crippen molar-refractivity contribution in [3.63, 3.8) is 0 Å². The summed E-state index contributed by atoms with van der Waals surface area (Å²) in [5.74, 6) is 0. The largest absolute Gasteiger partial charge is 0.309 e. The summed E-state index contributed by atoms with van der Waals surface area (Å²) in [7, 11) is 0. The zero-order valence-electron chi connectivity index (χ0n) is 26.7. The molecule has 0 saturated carbocycles. The van der Waals surface area contributed by atoms with Crippen LogP contribution in [0.1, 0.15) is 16.7 Å². The van der Waals surface area contributed by atoms with Crippen molar-refractivity contribution in [1.82, 2.24) is 9.13 Å². The van der Waals surface area contributed by atoms with Gasteiger partial charge < -0.3 is 9.13 Å². The van der Waals surface area contributed by atoms with Gasteiger partial charge in [-0.2, -0.15) is 15.8 Å². The first kappa shape index (κ1) is 28.8. The van der Waals surface area contributed by atoms with Crippen LogP contribution in [0.4, 0.5) is 0 Å². The van der Waals surface area contributed by atoms with Crippen molar-refractivity contribution in [3.05, 3.63) is 168 Å². The Balaban J connectivity index is 1.32. The maximum atomic E-state index is 10.5. The fourth-order valence-electron chi connectivity index (χ4n) is 7.50. The summed E-state index contributed by atoms with van der Waals surface area (Å²) < 4.78 is 4.47. The Hall–Kier alpha value is -7.39. The second kappa shape index (κ2) is 11.4. The van der Waals surface area contributed by atoms with Gasteiger partial charge in [-0.15, -0.1) is 0 Å². The topological polar surface area (TPSA) is 81.2 Å². The number of nitrogens with zero attached hydrogens (tertiary/aromatic N) is 5. The van der Waals surface area contributed by atoms with E-state index in [0.29, 0.717) is 16.7 Å². The van der Waals surface area contributed by atoms with Crippen molar-refractivity contribution >= 4 is 43.6 Å². The molecule has 0 unspecified atom stereocenters. The van der Waals surface area contributed by atoms with Crippen LogP contribution in [0.25, 0.3) is 77.2 Å². The maximum absolute atomic E-state index is 10.5. The Morgan fingerprint density at radius 3 is 1.66 bits per heavy atom.